The van der Waals surface area contributed by atoms with E-state index in [2.05, 4.69) is 10.1 Å². The fraction of sp³-hybridized carbons (Fsp3) is 0.217. The Labute approximate surface area is 179 Å². The van der Waals surface area contributed by atoms with E-state index in [0.29, 0.717) is 30.2 Å². The van der Waals surface area contributed by atoms with Crippen molar-refractivity contribution in [1.82, 2.24) is 14.4 Å². The van der Waals surface area contributed by atoms with Crippen molar-refractivity contribution in [3.63, 3.8) is 0 Å². The summed E-state index contributed by atoms with van der Waals surface area (Å²) in [5.74, 6) is 0.0784. The van der Waals surface area contributed by atoms with Crippen molar-refractivity contribution < 1.29 is 17.3 Å². The van der Waals surface area contributed by atoms with Crippen molar-refractivity contribution in [3.8, 4) is 11.4 Å². The smallest absolute Gasteiger partial charge is 0.243 e. The highest BCUT2D eigenvalue weighted by Crippen LogP contribution is 2.31. The molecule has 3 aromatic carbocycles. The standard InChI is InChI=1S/C23H20FN3O3S/c24-20-9-3-7-18(13-20)22-25-23(30-26-22)19-8-4-12-27(15-19)31(28,29)21-11-10-16-5-1-2-6-17(16)14-21/h1-3,5-7,9-11,13-14,19H,4,8,12,15H2. The molecule has 1 fully saturated rings. The maximum absolute atomic E-state index is 13.5. The molecule has 0 N–H and O–H groups in total. The van der Waals surface area contributed by atoms with Gasteiger partial charge < -0.3 is 4.52 Å². The molecule has 1 aliphatic heterocycles. The Morgan fingerprint density at radius 1 is 1.00 bits per heavy atom. The van der Waals surface area contributed by atoms with Crippen LogP contribution in [0, 0.1) is 5.82 Å². The Kier molecular flexibility index (Phi) is 5.03. The van der Waals surface area contributed by atoms with Gasteiger partial charge in [0.25, 0.3) is 0 Å². The molecule has 158 valence electrons. The molecule has 2 heterocycles. The lowest BCUT2D eigenvalue weighted by Gasteiger charge is -2.30. The van der Waals surface area contributed by atoms with Gasteiger partial charge in [0.05, 0.1) is 10.8 Å². The van der Waals surface area contributed by atoms with Crippen LogP contribution in [0.15, 0.2) is 76.1 Å². The molecular weight excluding hydrogens is 417 g/mol. The van der Waals surface area contributed by atoms with Crippen molar-refractivity contribution in [2.45, 2.75) is 23.7 Å². The lowest BCUT2D eigenvalue weighted by molar-refractivity contribution is 0.265. The van der Waals surface area contributed by atoms with Crippen LogP contribution in [0.1, 0.15) is 24.7 Å². The van der Waals surface area contributed by atoms with Crippen molar-refractivity contribution >= 4 is 20.8 Å². The molecule has 0 bridgehead atoms. The fourth-order valence-corrected chi connectivity index (χ4v) is 5.54. The van der Waals surface area contributed by atoms with Gasteiger partial charge in [-0.25, -0.2) is 12.8 Å². The molecule has 0 radical (unpaired) electrons. The summed E-state index contributed by atoms with van der Waals surface area (Å²) >= 11 is 0. The molecule has 1 saturated heterocycles. The number of sulfonamides is 1. The zero-order valence-corrected chi connectivity index (χ0v) is 17.4. The summed E-state index contributed by atoms with van der Waals surface area (Å²) in [7, 11) is -3.65. The third-order valence-corrected chi connectivity index (χ3v) is 7.48. The highest BCUT2D eigenvalue weighted by molar-refractivity contribution is 7.89. The minimum Gasteiger partial charge on any atom is -0.339 e. The van der Waals surface area contributed by atoms with Gasteiger partial charge >= 0.3 is 0 Å². The molecule has 1 aliphatic rings. The van der Waals surface area contributed by atoms with E-state index in [1.165, 1.54) is 16.4 Å². The number of rotatable bonds is 4. The van der Waals surface area contributed by atoms with E-state index in [0.717, 1.165) is 17.2 Å². The van der Waals surface area contributed by atoms with Gasteiger partial charge in [0, 0.05) is 18.7 Å². The van der Waals surface area contributed by atoms with Crippen LogP contribution in [-0.4, -0.2) is 36.0 Å². The molecule has 1 atom stereocenters. The van der Waals surface area contributed by atoms with Crippen molar-refractivity contribution in [2.24, 2.45) is 0 Å². The van der Waals surface area contributed by atoms with E-state index < -0.39 is 10.0 Å². The van der Waals surface area contributed by atoms with Crippen LogP contribution < -0.4 is 0 Å². The Morgan fingerprint density at radius 3 is 2.68 bits per heavy atom. The minimum absolute atomic E-state index is 0.209. The van der Waals surface area contributed by atoms with Crippen molar-refractivity contribution in [3.05, 3.63) is 78.4 Å². The Morgan fingerprint density at radius 2 is 1.84 bits per heavy atom. The monoisotopic (exact) mass is 437 g/mol. The lowest BCUT2D eigenvalue weighted by atomic mass is 10.00. The molecule has 1 aromatic heterocycles. The lowest BCUT2D eigenvalue weighted by Crippen LogP contribution is -2.39. The first-order valence-electron chi connectivity index (χ1n) is 10.1. The predicted octanol–water partition coefficient (Wildman–Crippen LogP) is 4.60. The Hall–Kier alpha value is -3.10. The average Bonchev–Trinajstić information content (AvgIpc) is 3.29. The van der Waals surface area contributed by atoms with Crippen LogP contribution in [0.25, 0.3) is 22.2 Å². The summed E-state index contributed by atoms with van der Waals surface area (Å²) in [5.41, 5.74) is 0.520. The first-order chi connectivity index (χ1) is 15.0. The van der Waals surface area contributed by atoms with Gasteiger partial charge in [0.15, 0.2) is 0 Å². The summed E-state index contributed by atoms with van der Waals surface area (Å²) in [4.78, 5) is 4.69. The van der Waals surface area contributed by atoms with Gasteiger partial charge in [-0.1, -0.05) is 47.6 Å². The van der Waals surface area contributed by atoms with Gasteiger partial charge in [-0.3, -0.25) is 0 Å². The molecule has 1 unspecified atom stereocenters. The number of hydrogen-bond acceptors (Lipinski definition) is 5. The third kappa shape index (κ3) is 3.84. The highest BCUT2D eigenvalue weighted by atomic mass is 32.2. The second kappa shape index (κ2) is 7.86. The number of benzene rings is 3. The first kappa shape index (κ1) is 19.8. The molecule has 8 heteroatoms. The minimum atomic E-state index is -3.65. The summed E-state index contributed by atoms with van der Waals surface area (Å²) in [5, 5.41) is 5.84. The maximum Gasteiger partial charge on any atom is 0.243 e. The zero-order valence-electron chi connectivity index (χ0n) is 16.6. The van der Waals surface area contributed by atoms with Crippen LogP contribution in [0.3, 0.4) is 0 Å². The quantitative estimate of drug-likeness (QED) is 0.466. The average molecular weight is 437 g/mol. The normalized spacial score (nSPS) is 17.8. The zero-order chi connectivity index (χ0) is 21.4. The van der Waals surface area contributed by atoms with E-state index in [9.17, 15) is 12.8 Å². The molecule has 6 nitrogen and oxygen atoms in total. The maximum atomic E-state index is 13.5. The van der Waals surface area contributed by atoms with Crippen LogP contribution in [0.4, 0.5) is 4.39 Å². The van der Waals surface area contributed by atoms with Crippen molar-refractivity contribution in [1.29, 1.82) is 0 Å². The molecular formula is C23H20FN3O3S. The van der Waals surface area contributed by atoms with E-state index in [1.807, 2.05) is 30.3 Å². The number of aromatic nitrogens is 2. The fourth-order valence-electron chi connectivity index (χ4n) is 3.99. The molecule has 0 saturated carbocycles. The van der Waals surface area contributed by atoms with Crippen LogP contribution in [-0.2, 0) is 10.0 Å². The molecule has 31 heavy (non-hydrogen) atoms. The van der Waals surface area contributed by atoms with Gasteiger partial charge in [-0.15, -0.1) is 0 Å². The van der Waals surface area contributed by atoms with Crippen LogP contribution >= 0.6 is 0 Å². The highest BCUT2D eigenvalue weighted by Gasteiger charge is 2.33. The Bertz CT molecular complexity index is 1350. The number of piperidine rings is 1. The molecule has 0 aliphatic carbocycles. The first-order valence-corrected chi connectivity index (χ1v) is 11.5. The SMILES string of the molecule is O=S(=O)(c1ccc2ccccc2c1)N1CCCC(c2nc(-c3cccc(F)c3)no2)C1. The van der Waals surface area contributed by atoms with Gasteiger partial charge in [0.1, 0.15) is 5.82 Å². The summed E-state index contributed by atoms with van der Waals surface area (Å²) in [6.07, 6.45) is 1.43. The van der Waals surface area contributed by atoms with Crippen LogP contribution in [0.2, 0.25) is 0 Å². The summed E-state index contributed by atoms with van der Waals surface area (Å²) in [6.45, 7) is 0.705. The Balaban J connectivity index is 1.39. The number of halogens is 1. The molecule has 5 rings (SSSR count). The molecule has 0 spiro atoms. The number of hydrogen-bond donors (Lipinski definition) is 0. The number of nitrogens with zero attached hydrogens (tertiary/aromatic N) is 3. The van der Waals surface area contributed by atoms with E-state index in [-0.39, 0.29) is 23.2 Å². The molecule has 4 aromatic rings. The predicted molar refractivity (Wildman–Crippen MR) is 114 cm³/mol. The molecule has 0 amide bonds. The van der Waals surface area contributed by atoms with Gasteiger partial charge in [0.2, 0.25) is 21.7 Å². The second-order valence-electron chi connectivity index (χ2n) is 7.68. The van der Waals surface area contributed by atoms with E-state index in [1.54, 1.807) is 24.3 Å². The number of fused-ring (bicyclic) bond motifs is 1. The largest absolute Gasteiger partial charge is 0.339 e. The van der Waals surface area contributed by atoms with Gasteiger partial charge in [-0.05, 0) is 47.9 Å². The third-order valence-electron chi connectivity index (χ3n) is 5.62. The van der Waals surface area contributed by atoms with Crippen LogP contribution in [0.5, 0.6) is 0 Å². The van der Waals surface area contributed by atoms with E-state index in [4.69, 9.17) is 4.52 Å². The van der Waals surface area contributed by atoms with Gasteiger partial charge in [-0.2, -0.15) is 9.29 Å². The van der Waals surface area contributed by atoms with Crippen molar-refractivity contribution in [2.75, 3.05) is 13.1 Å². The summed E-state index contributed by atoms with van der Waals surface area (Å²) in [6, 6.07) is 18.8. The topological polar surface area (TPSA) is 76.3 Å². The summed E-state index contributed by atoms with van der Waals surface area (Å²) < 4.78 is 47.0. The second-order valence-corrected chi connectivity index (χ2v) is 9.62. The van der Waals surface area contributed by atoms with E-state index >= 15 is 0 Å².